The summed E-state index contributed by atoms with van der Waals surface area (Å²) in [7, 11) is 1.64. The van der Waals surface area contributed by atoms with Crippen molar-refractivity contribution in [3.05, 3.63) is 72.1 Å². The first-order valence-electron chi connectivity index (χ1n) is 8.81. The lowest BCUT2D eigenvalue weighted by atomic mass is 10.1. The lowest BCUT2D eigenvalue weighted by molar-refractivity contribution is 0.271. The van der Waals surface area contributed by atoms with E-state index in [2.05, 4.69) is 44.5 Å². The average molecular weight is 346 g/mol. The molecule has 0 saturated heterocycles. The van der Waals surface area contributed by atoms with Gasteiger partial charge in [0, 0.05) is 61.5 Å². The fourth-order valence-corrected chi connectivity index (χ4v) is 3.23. The first kappa shape index (κ1) is 16.5. The Balaban J connectivity index is 1.51. The molecular formula is C21H22N4O. The van der Waals surface area contributed by atoms with Crippen LogP contribution >= 0.6 is 0 Å². The normalized spacial score (nSPS) is 14.2. The molecule has 1 aromatic carbocycles. The van der Waals surface area contributed by atoms with Crippen LogP contribution in [0.3, 0.4) is 0 Å². The Morgan fingerprint density at radius 3 is 2.73 bits per heavy atom. The smallest absolute Gasteiger partial charge is 0.212 e. The summed E-state index contributed by atoms with van der Waals surface area (Å²) >= 11 is 0. The summed E-state index contributed by atoms with van der Waals surface area (Å²) in [6.45, 7) is 3.62. The summed E-state index contributed by atoms with van der Waals surface area (Å²) in [5, 5.41) is 3.55. The molecule has 26 heavy (non-hydrogen) atoms. The molecule has 2 aromatic heterocycles. The molecule has 0 unspecified atom stereocenters. The zero-order valence-electron chi connectivity index (χ0n) is 14.9. The molecule has 0 amide bonds. The summed E-state index contributed by atoms with van der Waals surface area (Å²) < 4.78 is 5.13. The van der Waals surface area contributed by atoms with Gasteiger partial charge in [-0.05, 0) is 11.6 Å². The summed E-state index contributed by atoms with van der Waals surface area (Å²) in [4.78, 5) is 11.4. The molecule has 0 radical (unpaired) electrons. The minimum Gasteiger partial charge on any atom is -0.481 e. The topological polar surface area (TPSA) is 50.3 Å². The molecule has 5 nitrogen and oxygen atoms in total. The van der Waals surface area contributed by atoms with Gasteiger partial charge in [-0.1, -0.05) is 36.4 Å². The number of pyridine rings is 2. The zero-order chi connectivity index (χ0) is 17.8. The molecule has 0 aliphatic carbocycles. The largest absolute Gasteiger partial charge is 0.481 e. The number of hydrogen-bond acceptors (Lipinski definition) is 5. The maximum absolute atomic E-state index is 5.13. The van der Waals surface area contributed by atoms with Gasteiger partial charge in [0.2, 0.25) is 5.88 Å². The Morgan fingerprint density at radius 2 is 1.96 bits per heavy atom. The number of fused-ring (bicyclic) bond motifs is 1. The standard InChI is InChI=1S/C21H22N4O/c1-26-21-8-7-16(12-24-21)14-25-10-9-22-20-11-19(23-13-18(20)15-25)17-5-3-2-4-6-17/h2-8,11-13,22H,9-10,14-15H2,1H3. The van der Waals surface area contributed by atoms with Gasteiger partial charge in [0.05, 0.1) is 12.8 Å². The van der Waals surface area contributed by atoms with Crippen molar-refractivity contribution >= 4 is 5.69 Å². The number of methoxy groups -OCH3 is 1. The minimum atomic E-state index is 0.647. The molecule has 0 saturated carbocycles. The maximum atomic E-state index is 5.13. The lowest BCUT2D eigenvalue weighted by Gasteiger charge is -2.19. The van der Waals surface area contributed by atoms with Crippen LogP contribution in [0.1, 0.15) is 11.1 Å². The van der Waals surface area contributed by atoms with Crippen molar-refractivity contribution in [2.45, 2.75) is 13.1 Å². The van der Waals surface area contributed by atoms with Crippen molar-refractivity contribution in [2.75, 3.05) is 25.5 Å². The van der Waals surface area contributed by atoms with Gasteiger partial charge in [0.15, 0.2) is 0 Å². The van der Waals surface area contributed by atoms with Crippen molar-refractivity contribution in [3.8, 4) is 17.1 Å². The van der Waals surface area contributed by atoms with Crippen LogP contribution in [-0.2, 0) is 13.1 Å². The van der Waals surface area contributed by atoms with E-state index in [1.165, 1.54) is 16.8 Å². The Labute approximate surface area is 153 Å². The van der Waals surface area contributed by atoms with Crippen LogP contribution in [0.2, 0.25) is 0 Å². The quantitative estimate of drug-likeness (QED) is 0.782. The average Bonchev–Trinajstić information content (AvgIpc) is 2.90. The van der Waals surface area contributed by atoms with Gasteiger partial charge >= 0.3 is 0 Å². The summed E-state index contributed by atoms with van der Waals surface area (Å²) in [6, 6.07) is 16.4. The first-order valence-corrected chi connectivity index (χ1v) is 8.81. The fourth-order valence-electron chi connectivity index (χ4n) is 3.23. The number of anilines is 1. The Bertz CT molecular complexity index is 865. The summed E-state index contributed by atoms with van der Waals surface area (Å²) in [5.41, 5.74) is 5.73. The highest BCUT2D eigenvalue weighted by Gasteiger charge is 2.16. The van der Waals surface area contributed by atoms with Gasteiger partial charge in [-0.25, -0.2) is 4.98 Å². The molecule has 1 N–H and O–H groups in total. The number of rotatable bonds is 4. The fraction of sp³-hybridized carbons (Fsp3) is 0.238. The third-order valence-electron chi connectivity index (χ3n) is 4.61. The molecule has 3 heterocycles. The van der Waals surface area contributed by atoms with Crippen LogP contribution < -0.4 is 10.1 Å². The van der Waals surface area contributed by atoms with Gasteiger partial charge in [0.25, 0.3) is 0 Å². The van der Waals surface area contributed by atoms with Gasteiger partial charge in [0.1, 0.15) is 0 Å². The van der Waals surface area contributed by atoms with Crippen molar-refractivity contribution in [1.29, 1.82) is 0 Å². The van der Waals surface area contributed by atoms with E-state index in [4.69, 9.17) is 4.74 Å². The van der Waals surface area contributed by atoms with Gasteiger partial charge in [-0.2, -0.15) is 0 Å². The highest BCUT2D eigenvalue weighted by Crippen LogP contribution is 2.26. The zero-order valence-corrected chi connectivity index (χ0v) is 14.9. The second-order valence-electron chi connectivity index (χ2n) is 6.44. The summed E-state index contributed by atoms with van der Waals surface area (Å²) in [5.74, 6) is 0.647. The van der Waals surface area contributed by atoms with E-state index in [-0.39, 0.29) is 0 Å². The molecule has 1 aliphatic heterocycles. The number of nitrogens with one attached hydrogen (secondary N) is 1. The highest BCUT2D eigenvalue weighted by molar-refractivity contribution is 5.66. The molecule has 132 valence electrons. The Kier molecular flexibility index (Phi) is 4.80. The molecule has 4 rings (SSSR count). The third kappa shape index (κ3) is 3.68. The second kappa shape index (κ2) is 7.54. The van der Waals surface area contributed by atoms with E-state index in [1.807, 2.05) is 36.7 Å². The van der Waals surface area contributed by atoms with Crippen molar-refractivity contribution < 1.29 is 4.74 Å². The van der Waals surface area contributed by atoms with Crippen LogP contribution in [0.5, 0.6) is 5.88 Å². The maximum Gasteiger partial charge on any atom is 0.212 e. The number of aromatic nitrogens is 2. The molecule has 1 aliphatic rings. The van der Waals surface area contributed by atoms with Gasteiger partial charge < -0.3 is 10.1 Å². The molecule has 3 aromatic rings. The predicted molar refractivity (Wildman–Crippen MR) is 103 cm³/mol. The number of benzene rings is 1. The van der Waals surface area contributed by atoms with Gasteiger partial charge in [-0.15, -0.1) is 0 Å². The molecule has 5 heteroatoms. The van der Waals surface area contributed by atoms with E-state index < -0.39 is 0 Å². The van der Waals surface area contributed by atoms with E-state index in [0.29, 0.717) is 5.88 Å². The van der Waals surface area contributed by atoms with Crippen LogP contribution in [0.4, 0.5) is 5.69 Å². The molecular weight excluding hydrogens is 324 g/mol. The van der Waals surface area contributed by atoms with Crippen LogP contribution in [0.15, 0.2) is 60.9 Å². The molecule has 0 fully saturated rings. The predicted octanol–water partition coefficient (Wildman–Crippen LogP) is 3.58. The monoisotopic (exact) mass is 346 g/mol. The van der Waals surface area contributed by atoms with E-state index in [1.54, 1.807) is 7.11 Å². The van der Waals surface area contributed by atoms with Crippen LogP contribution in [0.25, 0.3) is 11.3 Å². The van der Waals surface area contributed by atoms with E-state index in [0.717, 1.165) is 37.4 Å². The highest BCUT2D eigenvalue weighted by atomic mass is 16.5. The Morgan fingerprint density at radius 1 is 1.08 bits per heavy atom. The number of ether oxygens (including phenoxy) is 1. The number of nitrogens with zero attached hydrogens (tertiary/aromatic N) is 3. The Hall–Kier alpha value is -2.92. The van der Waals surface area contributed by atoms with E-state index in [9.17, 15) is 0 Å². The van der Waals surface area contributed by atoms with E-state index >= 15 is 0 Å². The SMILES string of the molecule is COc1ccc(CN2CCNc3cc(-c4ccccc4)ncc3C2)cn1. The first-order chi connectivity index (χ1) is 12.8. The minimum absolute atomic E-state index is 0.647. The van der Waals surface area contributed by atoms with Crippen LogP contribution in [-0.4, -0.2) is 35.1 Å². The molecule has 0 atom stereocenters. The van der Waals surface area contributed by atoms with Crippen molar-refractivity contribution in [1.82, 2.24) is 14.9 Å². The van der Waals surface area contributed by atoms with Crippen molar-refractivity contribution in [2.24, 2.45) is 0 Å². The summed E-state index contributed by atoms with van der Waals surface area (Å²) in [6.07, 6.45) is 3.88. The number of hydrogen-bond donors (Lipinski definition) is 1. The second-order valence-corrected chi connectivity index (χ2v) is 6.44. The molecule has 0 spiro atoms. The van der Waals surface area contributed by atoms with Crippen molar-refractivity contribution in [3.63, 3.8) is 0 Å². The van der Waals surface area contributed by atoms with Gasteiger partial charge in [-0.3, -0.25) is 9.88 Å². The van der Waals surface area contributed by atoms with Crippen LogP contribution in [0, 0.1) is 0 Å². The third-order valence-corrected chi connectivity index (χ3v) is 4.61. The molecule has 0 bridgehead atoms. The lowest BCUT2D eigenvalue weighted by Crippen LogP contribution is -2.25.